The third-order valence-corrected chi connectivity index (χ3v) is 4.58. The molecule has 0 spiro atoms. The number of hydrogen-bond donors (Lipinski definition) is 1. The molecule has 1 aliphatic rings. The molecule has 1 aliphatic carbocycles. The molecule has 3 heteroatoms. The lowest BCUT2D eigenvalue weighted by Gasteiger charge is -2.26. The normalized spacial score (nSPS) is 23.9. The van der Waals surface area contributed by atoms with Crippen molar-refractivity contribution >= 4 is 22.6 Å². The van der Waals surface area contributed by atoms with Gasteiger partial charge in [0, 0.05) is 22.9 Å². The topological polar surface area (TPSA) is 33.4 Å². The summed E-state index contributed by atoms with van der Waals surface area (Å²) in [4.78, 5) is 0. The SMILES string of the molecule is Cc1c(C2CCCC(CO)C2)oc2ccc(Cl)cc12. The lowest BCUT2D eigenvalue weighted by Crippen LogP contribution is -2.17. The summed E-state index contributed by atoms with van der Waals surface area (Å²) < 4.78 is 6.05. The second-order valence-electron chi connectivity index (χ2n) is 5.64. The van der Waals surface area contributed by atoms with Crippen LogP contribution < -0.4 is 0 Å². The standard InChI is InChI=1S/C16H19ClO2/c1-10-14-8-13(17)5-6-15(14)19-16(10)12-4-2-3-11(7-12)9-18/h5-6,8,11-12,18H,2-4,7,9H2,1H3. The van der Waals surface area contributed by atoms with Crippen LogP contribution >= 0.6 is 11.6 Å². The van der Waals surface area contributed by atoms with Crippen LogP contribution in [-0.2, 0) is 0 Å². The minimum absolute atomic E-state index is 0.293. The minimum Gasteiger partial charge on any atom is -0.460 e. The van der Waals surface area contributed by atoms with Crippen LogP contribution in [0, 0.1) is 12.8 Å². The van der Waals surface area contributed by atoms with Gasteiger partial charge < -0.3 is 9.52 Å². The van der Waals surface area contributed by atoms with Gasteiger partial charge in [0.15, 0.2) is 0 Å². The molecular weight excluding hydrogens is 260 g/mol. The van der Waals surface area contributed by atoms with Crippen LogP contribution in [0.15, 0.2) is 22.6 Å². The number of aryl methyl sites for hydroxylation is 1. The van der Waals surface area contributed by atoms with Crippen LogP contribution in [0.4, 0.5) is 0 Å². The van der Waals surface area contributed by atoms with Gasteiger partial charge in [-0.1, -0.05) is 18.0 Å². The van der Waals surface area contributed by atoms with E-state index in [1.807, 2.05) is 18.2 Å². The number of aliphatic hydroxyl groups excluding tert-OH is 1. The molecule has 1 aromatic heterocycles. The molecule has 2 unspecified atom stereocenters. The summed E-state index contributed by atoms with van der Waals surface area (Å²) >= 11 is 6.06. The number of benzene rings is 1. The van der Waals surface area contributed by atoms with Crippen LogP contribution in [0.25, 0.3) is 11.0 Å². The Bertz CT molecular complexity index is 588. The number of fused-ring (bicyclic) bond motifs is 1. The Morgan fingerprint density at radius 1 is 1.37 bits per heavy atom. The van der Waals surface area contributed by atoms with Crippen LogP contribution in [0.2, 0.25) is 5.02 Å². The van der Waals surface area contributed by atoms with Gasteiger partial charge >= 0.3 is 0 Å². The number of halogens is 1. The largest absolute Gasteiger partial charge is 0.460 e. The Morgan fingerprint density at radius 3 is 3.00 bits per heavy atom. The van der Waals surface area contributed by atoms with E-state index in [0.29, 0.717) is 18.4 Å². The zero-order valence-electron chi connectivity index (χ0n) is 11.2. The summed E-state index contributed by atoms with van der Waals surface area (Å²) in [6.07, 6.45) is 4.50. The van der Waals surface area contributed by atoms with Crippen molar-refractivity contribution in [2.24, 2.45) is 5.92 Å². The average Bonchev–Trinajstić information content (AvgIpc) is 2.76. The van der Waals surface area contributed by atoms with E-state index in [0.717, 1.165) is 41.0 Å². The highest BCUT2D eigenvalue weighted by Crippen LogP contribution is 2.40. The monoisotopic (exact) mass is 278 g/mol. The van der Waals surface area contributed by atoms with Gasteiger partial charge in [0.25, 0.3) is 0 Å². The van der Waals surface area contributed by atoms with E-state index < -0.39 is 0 Å². The summed E-state index contributed by atoms with van der Waals surface area (Å²) in [5.41, 5.74) is 2.13. The summed E-state index contributed by atoms with van der Waals surface area (Å²) in [5.74, 6) is 1.96. The third-order valence-electron chi connectivity index (χ3n) is 4.35. The average molecular weight is 279 g/mol. The fraction of sp³-hybridized carbons (Fsp3) is 0.500. The molecule has 2 aromatic rings. The Hall–Kier alpha value is -0.990. The van der Waals surface area contributed by atoms with Gasteiger partial charge in [-0.3, -0.25) is 0 Å². The highest BCUT2D eigenvalue weighted by Gasteiger charge is 2.27. The van der Waals surface area contributed by atoms with Crippen molar-refractivity contribution in [3.63, 3.8) is 0 Å². The lowest BCUT2D eigenvalue weighted by atomic mass is 9.80. The maximum atomic E-state index is 9.35. The fourth-order valence-corrected chi connectivity index (χ4v) is 3.47. The Balaban J connectivity index is 1.98. The molecule has 1 saturated carbocycles. The van der Waals surface area contributed by atoms with E-state index in [2.05, 4.69) is 6.92 Å². The molecule has 102 valence electrons. The Kier molecular flexibility index (Phi) is 3.55. The maximum absolute atomic E-state index is 9.35. The number of furan rings is 1. The lowest BCUT2D eigenvalue weighted by molar-refractivity contribution is 0.174. The maximum Gasteiger partial charge on any atom is 0.134 e. The van der Waals surface area contributed by atoms with E-state index in [1.165, 1.54) is 12.0 Å². The van der Waals surface area contributed by atoms with Crippen molar-refractivity contribution in [2.45, 2.75) is 38.5 Å². The van der Waals surface area contributed by atoms with Crippen molar-refractivity contribution < 1.29 is 9.52 Å². The Morgan fingerprint density at radius 2 is 2.21 bits per heavy atom. The highest BCUT2D eigenvalue weighted by molar-refractivity contribution is 6.31. The smallest absolute Gasteiger partial charge is 0.134 e. The molecule has 1 fully saturated rings. The predicted octanol–water partition coefficient (Wildman–Crippen LogP) is 4.66. The quantitative estimate of drug-likeness (QED) is 0.867. The summed E-state index contributed by atoms with van der Waals surface area (Å²) in [7, 11) is 0. The van der Waals surface area contributed by atoms with Crippen molar-refractivity contribution in [1.29, 1.82) is 0 Å². The van der Waals surface area contributed by atoms with Gasteiger partial charge in [0.05, 0.1) is 0 Å². The third kappa shape index (κ3) is 2.39. The van der Waals surface area contributed by atoms with E-state index in [1.54, 1.807) is 0 Å². The number of rotatable bonds is 2. The van der Waals surface area contributed by atoms with Crippen molar-refractivity contribution in [3.05, 3.63) is 34.5 Å². The molecule has 0 amide bonds. The minimum atomic E-state index is 0.293. The molecule has 1 aromatic carbocycles. The summed E-state index contributed by atoms with van der Waals surface area (Å²) in [6, 6.07) is 5.79. The first-order valence-corrected chi connectivity index (χ1v) is 7.36. The molecule has 0 bridgehead atoms. The van der Waals surface area contributed by atoms with E-state index in [9.17, 15) is 5.11 Å². The van der Waals surface area contributed by atoms with Crippen LogP contribution in [0.3, 0.4) is 0 Å². The van der Waals surface area contributed by atoms with Crippen LogP contribution in [-0.4, -0.2) is 11.7 Å². The molecule has 3 rings (SSSR count). The van der Waals surface area contributed by atoms with Gasteiger partial charge in [-0.25, -0.2) is 0 Å². The van der Waals surface area contributed by atoms with Crippen molar-refractivity contribution in [2.75, 3.05) is 6.61 Å². The molecule has 0 saturated heterocycles. The van der Waals surface area contributed by atoms with Gasteiger partial charge in [-0.05, 0) is 55.9 Å². The molecule has 2 nitrogen and oxygen atoms in total. The molecule has 19 heavy (non-hydrogen) atoms. The predicted molar refractivity (Wildman–Crippen MR) is 77.7 cm³/mol. The zero-order chi connectivity index (χ0) is 13.4. The van der Waals surface area contributed by atoms with E-state index >= 15 is 0 Å². The molecule has 1 N–H and O–H groups in total. The molecular formula is C16H19ClO2. The second kappa shape index (κ2) is 5.18. The van der Waals surface area contributed by atoms with E-state index in [4.69, 9.17) is 16.0 Å². The Labute approximate surface area is 118 Å². The molecule has 0 aliphatic heterocycles. The summed E-state index contributed by atoms with van der Waals surface area (Å²) in [6.45, 7) is 2.40. The highest BCUT2D eigenvalue weighted by atomic mass is 35.5. The first-order chi connectivity index (χ1) is 9.19. The zero-order valence-corrected chi connectivity index (χ0v) is 11.9. The van der Waals surface area contributed by atoms with Crippen LogP contribution in [0.1, 0.15) is 42.9 Å². The van der Waals surface area contributed by atoms with E-state index in [-0.39, 0.29) is 0 Å². The fourth-order valence-electron chi connectivity index (χ4n) is 3.30. The number of aliphatic hydroxyl groups is 1. The second-order valence-corrected chi connectivity index (χ2v) is 6.08. The molecule has 2 atom stereocenters. The van der Waals surface area contributed by atoms with Crippen molar-refractivity contribution in [3.8, 4) is 0 Å². The van der Waals surface area contributed by atoms with Gasteiger partial charge in [-0.15, -0.1) is 0 Å². The van der Waals surface area contributed by atoms with Gasteiger partial charge in [0.1, 0.15) is 11.3 Å². The van der Waals surface area contributed by atoms with Crippen molar-refractivity contribution in [1.82, 2.24) is 0 Å². The number of hydrogen-bond acceptors (Lipinski definition) is 2. The summed E-state index contributed by atoms with van der Waals surface area (Å²) in [5, 5.41) is 11.2. The first-order valence-electron chi connectivity index (χ1n) is 6.98. The molecule has 0 radical (unpaired) electrons. The van der Waals surface area contributed by atoms with Crippen LogP contribution in [0.5, 0.6) is 0 Å². The van der Waals surface area contributed by atoms with Gasteiger partial charge in [0.2, 0.25) is 0 Å². The molecule has 1 heterocycles. The first kappa shape index (κ1) is 13.0. The van der Waals surface area contributed by atoms with Gasteiger partial charge in [-0.2, -0.15) is 0 Å².